The lowest BCUT2D eigenvalue weighted by molar-refractivity contribution is -0.144. The van der Waals surface area contributed by atoms with Crippen LogP contribution in [0.4, 0.5) is 0 Å². The van der Waals surface area contributed by atoms with Crippen molar-refractivity contribution in [3.63, 3.8) is 0 Å². The first-order valence-corrected chi connectivity index (χ1v) is 5.49. The highest BCUT2D eigenvalue weighted by Crippen LogP contribution is 2.10. The number of esters is 2. The first-order valence-electron chi connectivity index (χ1n) is 4.55. The maximum atomic E-state index is 11.7. The number of hydrogen-bond donors (Lipinski definition) is 0. The summed E-state index contributed by atoms with van der Waals surface area (Å²) in [5.74, 6) is -2.25. The van der Waals surface area contributed by atoms with Crippen LogP contribution in [0.2, 0.25) is 0 Å². The molecule has 0 aliphatic rings. The largest absolute Gasteiger partial charge is 0.465 e. The molecule has 0 unspecified atom stereocenters. The van der Waals surface area contributed by atoms with Gasteiger partial charge in [0, 0.05) is 17.0 Å². The van der Waals surface area contributed by atoms with E-state index in [-0.39, 0.29) is 0 Å². The van der Waals surface area contributed by atoms with E-state index in [0.29, 0.717) is 5.56 Å². The second kappa shape index (κ2) is 5.95. The molecule has 0 atom stereocenters. The van der Waals surface area contributed by atoms with E-state index >= 15 is 0 Å². The van der Waals surface area contributed by atoms with E-state index in [1.807, 2.05) is 0 Å². The van der Waals surface area contributed by atoms with Crippen molar-refractivity contribution in [1.29, 1.82) is 0 Å². The van der Waals surface area contributed by atoms with Crippen molar-refractivity contribution in [2.24, 2.45) is 0 Å². The summed E-state index contributed by atoms with van der Waals surface area (Å²) in [6, 6.07) is 1.59. The standard InChI is InChI=1S/C11H10O5S/c1-15-10(13)8(11(14)16-2)5-9(12)7-3-4-17-6-7/h3-6H,1-2H3. The molecule has 17 heavy (non-hydrogen) atoms. The zero-order valence-electron chi connectivity index (χ0n) is 9.26. The van der Waals surface area contributed by atoms with Gasteiger partial charge in [0.15, 0.2) is 5.78 Å². The first-order chi connectivity index (χ1) is 8.10. The number of ether oxygens (including phenoxy) is 2. The van der Waals surface area contributed by atoms with Crippen LogP contribution in [-0.4, -0.2) is 31.9 Å². The molecule has 0 fully saturated rings. The summed E-state index contributed by atoms with van der Waals surface area (Å²) in [4.78, 5) is 34.2. The molecule has 1 aromatic heterocycles. The Bertz CT molecular complexity index is 440. The van der Waals surface area contributed by atoms with Gasteiger partial charge in [-0.15, -0.1) is 0 Å². The van der Waals surface area contributed by atoms with Gasteiger partial charge in [-0.3, -0.25) is 4.79 Å². The molecule has 5 nitrogen and oxygen atoms in total. The molecular formula is C11H10O5S. The Kier molecular flexibility index (Phi) is 4.59. The van der Waals surface area contributed by atoms with Crippen LogP contribution in [0.3, 0.4) is 0 Å². The van der Waals surface area contributed by atoms with Crippen LogP contribution in [0.25, 0.3) is 0 Å². The Morgan fingerprint density at radius 3 is 2.18 bits per heavy atom. The molecule has 0 radical (unpaired) electrons. The van der Waals surface area contributed by atoms with Crippen LogP contribution < -0.4 is 0 Å². The van der Waals surface area contributed by atoms with E-state index < -0.39 is 23.3 Å². The van der Waals surface area contributed by atoms with Crippen LogP contribution >= 0.6 is 11.3 Å². The number of hydrogen-bond acceptors (Lipinski definition) is 6. The third-order valence-corrected chi connectivity index (χ3v) is 2.57. The lowest BCUT2D eigenvalue weighted by atomic mass is 10.1. The minimum Gasteiger partial charge on any atom is -0.465 e. The molecule has 0 amide bonds. The van der Waals surface area contributed by atoms with Gasteiger partial charge in [-0.05, 0) is 11.4 Å². The van der Waals surface area contributed by atoms with Gasteiger partial charge < -0.3 is 9.47 Å². The predicted molar refractivity (Wildman–Crippen MR) is 60.8 cm³/mol. The highest BCUT2D eigenvalue weighted by atomic mass is 32.1. The van der Waals surface area contributed by atoms with Crippen LogP contribution in [0, 0.1) is 0 Å². The number of thiophene rings is 1. The van der Waals surface area contributed by atoms with Crippen molar-refractivity contribution < 1.29 is 23.9 Å². The number of carbonyl (C=O) groups is 3. The monoisotopic (exact) mass is 254 g/mol. The molecule has 0 saturated carbocycles. The average molecular weight is 254 g/mol. The van der Waals surface area contributed by atoms with Gasteiger partial charge >= 0.3 is 11.9 Å². The van der Waals surface area contributed by atoms with E-state index in [2.05, 4.69) is 9.47 Å². The Labute approximate surface area is 102 Å². The number of allylic oxidation sites excluding steroid dienone is 1. The maximum Gasteiger partial charge on any atom is 0.345 e. The number of rotatable bonds is 4. The van der Waals surface area contributed by atoms with Crippen molar-refractivity contribution in [2.75, 3.05) is 14.2 Å². The van der Waals surface area contributed by atoms with Crippen molar-refractivity contribution in [2.45, 2.75) is 0 Å². The predicted octanol–water partition coefficient (Wildman–Crippen LogP) is 1.20. The number of methoxy groups -OCH3 is 2. The van der Waals surface area contributed by atoms with Crippen LogP contribution in [0.15, 0.2) is 28.5 Å². The highest BCUT2D eigenvalue weighted by Gasteiger charge is 2.21. The zero-order valence-corrected chi connectivity index (χ0v) is 10.1. The van der Waals surface area contributed by atoms with Gasteiger partial charge in [-0.2, -0.15) is 11.3 Å². The van der Waals surface area contributed by atoms with E-state index in [4.69, 9.17) is 0 Å². The summed E-state index contributed by atoms with van der Waals surface area (Å²) in [5, 5.41) is 3.34. The van der Waals surface area contributed by atoms with Gasteiger partial charge in [0.2, 0.25) is 0 Å². The molecule has 0 aromatic carbocycles. The molecule has 1 rings (SSSR count). The fourth-order valence-corrected chi connectivity index (χ4v) is 1.69. The third-order valence-electron chi connectivity index (χ3n) is 1.89. The normalized spacial score (nSPS) is 9.29. The summed E-state index contributed by atoms with van der Waals surface area (Å²) in [5.41, 5.74) is -0.0218. The summed E-state index contributed by atoms with van der Waals surface area (Å²) < 4.78 is 8.79. The topological polar surface area (TPSA) is 69.7 Å². The molecule has 0 N–H and O–H groups in total. The molecule has 0 saturated heterocycles. The smallest absolute Gasteiger partial charge is 0.345 e. The summed E-state index contributed by atoms with van der Waals surface area (Å²) in [6.07, 6.45) is 0.916. The van der Waals surface area contributed by atoms with Crippen molar-refractivity contribution in [3.05, 3.63) is 34.0 Å². The molecular weight excluding hydrogens is 244 g/mol. The summed E-state index contributed by atoms with van der Waals surface area (Å²) >= 11 is 1.34. The maximum absolute atomic E-state index is 11.7. The lowest BCUT2D eigenvalue weighted by Crippen LogP contribution is -2.17. The average Bonchev–Trinajstić information content (AvgIpc) is 2.87. The highest BCUT2D eigenvalue weighted by molar-refractivity contribution is 7.08. The van der Waals surface area contributed by atoms with Crippen molar-refractivity contribution in [1.82, 2.24) is 0 Å². The van der Waals surface area contributed by atoms with Crippen molar-refractivity contribution >= 4 is 29.1 Å². The van der Waals surface area contributed by atoms with Gasteiger partial charge in [-0.25, -0.2) is 9.59 Å². The fourth-order valence-electron chi connectivity index (χ4n) is 1.04. The van der Waals surface area contributed by atoms with Crippen molar-refractivity contribution in [3.8, 4) is 0 Å². The fraction of sp³-hybridized carbons (Fsp3) is 0.182. The number of carbonyl (C=O) groups excluding carboxylic acids is 3. The van der Waals surface area contributed by atoms with E-state index in [1.165, 1.54) is 11.3 Å². The summed E-state index contributed by atoms with van der Waals surface area (Å²) in [7, 11) is 2.24. The summed E-state index contributed by atoms with van der Waals surface area (Å²) in [6.45, 7) is 0. The van der Waals surface area contributed by atoms with Crippen LogP contribution in [0.5, 0.6) is 0 Å². The second-order valence-corrected chi connectivity index (χ2v) is 3.70. The van der Waals surface area contributed by atoms with E-state index in [0.717, 1.165) is 20.3 Å². The molecule has 1 aromatic rings. The van der Waals surface area contributed by atoms with Crippen LogP contribution in [0.1, 0.15) is 10.4 Å². The molecule has 6 heteroatoms. The Balaban J connectivity index is 3.02. The SMILES string of the molecule is COC(=O)C(=CC(=O)c1ccsc1)C(=O)OC. The zero-order chi connectivity index (χ0) is 12.8. The quantitative estimate of drug-likeness (QED) is 0.265. The second-order valence-electron chi connectivity index (χ2n) is 2.92. The molecule has 0 spiro atoms. The minimum atomic E-state index is -0.902. The minimum absolute atomic E-state index is 0.403. The van der Waals surface area contributed by atoms with Gasteiger partial charge in [-0.1, -0.05) is 0 Å². The van der Waals surface area contributed by atoms with Gasteiger partial charge in [0.05, 0.1) is 14.2 Å². The lowest BCUT2D eigenvalue weighted by Gasteiger charge is -2.02. The van der Waals surface area contributed by atoms with Crippen LogP contribution in [-0.2, 0) is 19.1 Å². The Morgan fingerprint density at radius 2 is 1.76 bits per heavy atom. The molecule has 1 heterocycles. The molecule has 90 valence electrons. The van der Waals surface area contributed by atoms with Gasteiger partial charge in [0.1, 0.15) is 5.57 Å². The first kappa shape index (κ1) is 13.1. The molecule has 0 aliphatic heterocycles. The van der Waals surface area contributed by atoms with E-state index in [1.54, 1.807) is 16.8 Å². The molecule has 0 bridgehead atoms. The van der Waals surface area contributed by atoms with E-state index in [9.17, 15) is 14.4 Å². The number of ketones is 1. The van der Waals surface area contributed by atoms with Gasteiger partial charge in [0.25, 0.3) is 0 Å². The third kappa shape index (κ3) is 3.25. The molecule has 0 aliphatic carbocycles. The Hall–Kier alpha value is -1.95. The Morgan fingerprint density at radius 1 is 1.18 bits per heavy atom.